The lowest BCUT2D eigenvalue weighted by Gasteiger charge is -2.23. The highest BCUT2D eigenvalue weighted by Crippen LogP contribution is 2.30. The average molecular weight is 441 g/mol. The van der Waals surface area contributed by atoms with Crippen molar-refractivity contribution in [2.45, 2.75) is 19.6 Å². The summed E-state index contributed by atoms with van der Waals surface area (Å²) in [4.78, 5) is 12.6. The maximum Gasteiger partial charge on any atom is 0.416 e. The predicted molar refractivity (Wildman–Crippen MR) is 102 cm³/mol. The van der Waals surface area contributed by atoms with Gasteiger partial charge in [-0.25, -0.2) is 4.39 Å². The van der Waals surface area contributed by atoms with Crippen molar-refractivity contribution < 1.29 is 30.8 Å². The summed E-state index contributed by atoms with van der Waals surface area (Å²) in [6.45, 7) is 1.14. The van der Waals surface area contributed by atoms with Crippen LogP contribution in [0.2, 0.25) is 0 Å². The molecule has 11 heteroatoms. The first-order valence-electron chi connectivity index (χ1n) is 8.49. The van der Waals surface area contributed by atoms with Gasteiger partial charge in [-0.2, -0.15) is 21.6 Å². The van der Waals surface area contributed by atoms with Crippen LogP contribution in [0, 0.1) is 5.82 Å². The van der Waals surface area contributed by atoms with Gasteiger partial charge in [0, 0.05) is 11.9 Å². The molecule has 6 nitrogen and oxygen atoms in total. The third-order valence-corrected chi connectivity index (χ3v) is 5.51. The number of halogens is 4. The molecule has 0 aliphatic carbocycles. The summed E-state index contributed by atoms with van der Waals surface area (Å²) < 4.78 is 80.0. The van der Waals surface area contributed by atoms with E-state index in [-0.39, 0.29) is 23.5 Å². The third-order valence-electron chi connectivity index (χ3n) is 4.18. The van der Waals surface area contributed by atoms with Gasteiger partial charge in [-0.15, -0.1) is 4.40 Å². The van der Waals surface area contributed by atoms with E-state index in [1.165, 1.54) is 31.2 Å². The fraction of sp³-hybridized carbons (Fsp3) is 0.158. The van der Waals surface area contributed by atoms with E-state index < -0.39 is 33.7 Å². The molecule has 1 N–H and O–H groups in total. The Bertz CT molecular complexity index is 1120. The number of amides is 1. The largest absolute Gasteiger partial charge is 0.416 e. The van der Waals surface area contributed by atoms with Gasteiger partial charge in [0.05, 0.1) is 23.4 Å². The van der Waals surface area contributed by atoms with Crippen LogP contribution in [0.25, 0.3) is 0 Å². The van der Waals surface area contributed by atoms with E-state index in [9.17, 15) is 30.8 Å². The molecule has 1 heterocycles. The second kappa shape index (κ2) is 7.90. The van der Waals surface area contributed by atoms with Crippen molar-refractivity contribution >= 4 is 27.5 Å². The van der Waals surface area contributed by atoms with E-state index in [1.54, 1.807) is 0 Å². The smallest absolute Gasteiger partial charge is 0.322 e. The molecule has 30 heavy (non-hydrogen) atoms. The molecule has 158 valence electrons. The molecule has 1 aliphatic rings. The maximum atomic E-state index is 13.1. The molecular formula is C19H15F4N3O3S. The Morgan fingerprint density at radius 1 is 1.07 bits per heavy atom. The van der Waals surface area contributed by atoms with Crippen LogP contribution in [0.4, 0.5) is 23.2 Å². The van der Waals surface area contributed by atoms with Gasteiger partial charge in [0.15, 0.2) is 0 Å². The zero-order valence-electron chi connectivity index (χ0n) is 15.4. The van der Waals surface area contributed by atoms with Crippen LogP contribution in [0.5, 0.6) is 0 Å². The molecule has 0 unspecified atom stereocenters. The standard InChI is InChI=1S/C19H15F4N3O3S/c1-12-17(18(27)24-16-8-4-14(5-9-16)19(21,22)23)11-26(30(28,29)25-12)10-13-2-6-15(20)7-3-13/h2-9,11H,10H2,1H3,(H,24,27). The van der Waals surface area contributed by atoms with Crippen LogP contribution >= 0.6 is 0 Å². The zero-order chi connectivity index (χ0) is 22.1. The molecule has 0 bridgehead atoms. The number of hydrogen-bond donors (Lipinski definition) is 1. The van der Waals surface area contributed by atoms with E-state index in [4.69, 9.17) is 0 Å². The van der Waals surface area contributed by atoms with Crippen molar-refractivity contribution in [1.82, 2.24) is 4.31 Å². The normalized spacial score (nSPS) is 16.0. The first kappa shape index (κ1) is 21.5. The Morgan fingerprint density at radius 2 is 1.67 bits per heavy atom. The molecule has 0 saturated heterocycles. The molecule has 3 rings (SSSR count). The molecule has 2 aromatic rings. The molecule has 0 radical (unpaired) electrons. The molecule has 0 fully saturated rings. The van der Waals surface area contributed by atoms with Crippen LogP contribution in [-0.4, -0.2) is 24.3 Å². The van der Waals surface area contributed by atoms with Crippen LogP contribution in [0.15, 0.2) is 64.7 Å². The predicted octanol–water partition coefficient (Wildman–Crippen LogP) is 3.89. The van der Waals surface area contributed by atoms with Gasteiger partial charge in [-0.1, -0.05) is 12.1 Å². The highest BCUT2D eigenvalue weighted by molar-refractivity contribution is 7.88. The van der Waals surface area contributed by atoms with Gasteiger partial charge in [-0.3, -0.25) is 9.10 Å². The molecule has 0 aromatic heterocycles. The second-order valence-corrected chi connectivity index (χ2v) is 7.95. The van der Waals surface area contributed by atoms with E-state index in [2.05, 4.69) is 9.71 Å². The fourth-order valence-electron chi connectivity index (χ4n) is 2.64. The molecule has 1 aliphatic heterocycles. The summed E-state index contributed by atoms with van der Waals surface area (Å²) in [5, 5.41) is 2.41. The SMILES string of the molecule is CC1=NS(=O)(=O)N(Cc2ccc(F)cc2)C=C1C(=O)Nc1ccc(C(F)(F)F)cc1. The van der Waals surface area contributed by atoms with Crippen molar-refractivity contribution in [3.63, 3.8) is 0 Å². The first-order chi connectivity index (χ1) is 14.0. The minimum Gasteiger partial charge on any atom is -0.322 e. The highest BCUT2D eigenvalue weighted by Gasteiger charge is 2.31. The summed E-state index contributed by atoms with van der Waals surface area (Å²) >= 11 is 0. The Balaban J connectivity index is 1.82. The van der Waals surface area contributed by atoms with Crippen molar-refractivity contribution in [3.8, 4) is 0 Å². The van der Waals surface area contributed by atoms with Crippen LogP contribution in [0.3, 0.4) is 0 Å². The number of carbonyl (C=O) groups excluding carboxylic acids is 1. The summed E-state index contributed by atoms with van der Waals surface area (Å²) in [5.74, 6) is -1.23. The van der Waals surface area contributed by atoms with E-state index >= 15 is 0 Å². The first-order valence-corrected chi connectivity index (χ1v) is 9.89. The topological polar surface area (TPSA) is 78.8 Å². The van der Waals surface area contributed by atoms with Crippen molar-refractivity contribution in [1.29, 1.82) is 0 Å². The molecular weight excluding hydrogens is 426 g/mol. The maximum absolute atomic E-state index is 13.1. The number of benzene rings is 2. The third kappa shape index (κ3) is 4.85. The van der Waals surface area contributed by atoms with Crippen LogP contribution < -0.4 is 5.32 Å². The number of nitrogens with zero attached hydrogens (tertiary/aromatic N) is 2. The minimum atomic E-state index is -4.51. The molecule has 0 atom stereocenters. The number of nitrogens with one attached hydrogen (secondary N) is 1. The van der Waals surface area contributed by atoms with E-state index in [0.29, 0.717) is 5.56 Å². The van der Waals surface area contributed by atoms with Gasteiger partial charge in [0.25, 0.3) is 5.91 Å². The minimum absolute atomic E-state index is 0.0743. The lowest BCUT2D eigenvalue weighted by atomic mass is 10.1. The summed E-state index contributed by atoms with van der Waals surface area (Å²) in [7, 11) is -4.10. The molecule has 1 amide bonds. The number of carbonyl (C=O) groups is 1. The van der Waals surface area contributed by atoms with Crippen molar-refractivity contribution in [2.24, 2.45) is 4.40 Å². The van der Waals surface area contributed by atoms with E-state index in [0.717, 1.165) is 34.8 Å². The molecule has 2 aromatic carbocycles. The lowest BCUT2D eigenvalue weighted by Crippen LogP contribution is -2.32. The Hall–Kier alpha value is -3.21. The molecule has 0 saturated carbocycles. The van der Waals surface area contributed by atoms with Gasteiger partial charge in [0.1, 0.15) is 5.82 Å². The fourth-order valence-corrected chi connectivity index (χ4v) is 3.74. The number of hydrogen-bond acceptors (Lipinski definition) is 3. The van der Waals surface area contributed by atoms with Crippen molar-refractivity contribution in [3.05, 3.63) is 77.2 Å². The van der Waals surface area contributed by atoms with Gasteiger partial charge in [0.2, 0.25) is 0 Å². The van der Waals surface area contributed by atoms with Gasteiger partial charge in [-0.05, 0) is 48.9 Å². The summed E-state index contributed by atoms with van der Waals surface area (Å²) in [5.41, 5.74) is -0.456. The number of anilines is 1. The van der Waals surface area contributed by atoms with Gasteiger partial charge >= 0.3 is 16.4 Å². The Morgan fingerprint density at radius 3 is 2.23 bits per heavy atom. The average Bonchev–Trinajstić information content (AvgIpc) is 2.64. The quantitative estimate of drug-likeness (QED) is 0.732. The molecule has 0 spiro atoms. The summed E-state index contributed by atoms with van der Waals surface area (Å²) in [6, 6.07) is 8.93. The number of rotatable bonds is 4. The monoisotopic (exact) mass is 441 g/mol. The zero-order valence-corrected chi connectivity index (χ0v) is 16.3. The lowest BCUT2D eigenvalue weighted by molar-refractivity contribution is -0.137. The van der Waals surface area contributed by atoms with Gasteiger partial charge < -0.3 is 5.32 Å². The van der Waals surface area contributed by atoms with Crippen molar-refractivity contribution in [2.75, 3.05) is 5.32 Å². The summed E-state index contributed by atoms with van der Waals surface area (Å²) in [6.07, 6.45) is -3.42. The highest BCUT2D eigenvalue weighted by atomic mass is 32.2. The van der Waals surface area contributed by atoms with E-state index in [1.807, 2.05) is 0 Å². The van der Waals surface area contributed by atoms with Crippen LogP contribution in [-0.2, 0) is 27.7 Å². The Labute approximate surface area is 169 Å². The van der Waals surface area contributed by atoms with Crippen LogP contribution in [0.1, 0.15) is 18.1 Å². The number of alkyl halides is 3. The Kier molecular flexibility index (Phi) is 5.66. The second-order valence-electron chi connectivity index (χ2n) is 6.40.